The Balaban J connectivity index is 2.18. The third-order valence-electron chi connectivity index (χ3n) is 3.79. The Kier molecular flexibility index (Phi) is 3.85. The van der Waals surface area contributed by atoms with Gasteiger partial charge >= 0.3 is 5.97 Å². The Hall–Kier alpha value is -1.82. The lowest BCUT2D eigenvalue weighted by Gasteiger charge is -2.23. The first-order valence-electron chi connectivity index (χ1n) is 6.48. The molecule has 1 unspecified atom stereocenters. The zero-order valence-corrected chi connectivity index (χ0v) is 11.9. The summed E-state index contributed by atoms with van der Waals surface area (Å²) in [5.74, 6) is 0.131. The zero-order chi connectivity index (χ0) is 14.9. The van der Waals surface area contributed by atoms with Gasteiger partial charge in [-0.2, -0.15) is 0 Å². The van der Waals surface area contributed by atoms with Gasteiger partial charge in [-0.05, 0) is 26.3 Å². The van der Waals surface area contributed by atoms with E-state index in [9.17, 15) is 14.7 Å². The number of carboxylic acids is 1. The number of aryl methyl sites for hydroxylation is 2. The van der Waals surface area contributed by atoms with E-state index in [1.54, 1.807) is 24.8 Å². The Morgan fingerprint density at radius 2 is 2.20 bits per heavy atom. The molecule has 1 amide bonds. The van der Waals surface area contributed by atoms with Gasteiger partial charge in [-0.1, -0.05) is 0 Å². The van der Waals surface area contributed by atoms with E-state index in [1.165, 1.54) is 7.11 Å². The normalized spacial score (nSPS) is 22.2. The van der Waals surface area contributed by atoms with E-state index in [0.29, 0.717) is 30.0 Å². The van der Waals surface area contributed by atoms with Crippen molar-refractivity contribution in [3.8, 4) is 0 Å². The molecule has 1 aliphatic heterocycles. The van der Waals surface area contributed by atoms with Gasteiger partial charge in [-0.3, -0.25) is 9.59 Å². The summed E-state index contributed by atoms with van der Waals surface area (Å²) in [4.78, 5) is 25.4. The maximum absolute atomic E-state index is 12.4. The molecule has 6 heteroatoms. The van der Waals surface area contributed by atoms with Gasteiger partial charge in [0.2, 0.25) is 0 Å². The standard InChI is InChI=1S/C14H19NO5/c1-9-6-11(10(2)20-9)12(16)15-5-4-14(7-15,8-19-3)13(17)18/h6H,4-5,7-8H2,1-3H3,(H,17,18). The average molecular weight is 281 g/mol. The first kappa shape index (κ1) is 14.6. The molecule has 6 nitrogen and oxygen atoms in total. The molecule has 2 heterocycles. The van der Waals surface area contributed by atoms with Crippen LogP contribution < -0.4 is 0 Å². The molecule has 1 fully saturated rings. The summed E-state index contributed by atoms with van der Waals surface area (Å²) in [6, 6.07) is 1.69. The number of carbonyl (C=O) groups is 2. The molecule has 0 aromatic carbocycles. The second-order valence-electron chi connectivity index (χ2n) is 5.32. The number of furan rings is 1. The molecule has 20 heavy (non-hydrogen) atoms. The molecule has 1 aromatic heterocycles. The molecule has 1 saturated heterocycles. The molecular formula is C14H19NO5. The number of likely N-dealkylation sites (tertiary alicyclic amines) is 1. The molecule has 1 aliphatic rings. The van der Waals surface area contributed by atoms with E-state index in [1.807, 2.05) is 0 Å². The number of hydrogen-bond acceptors (Lipinski definition) is 4. The monoisotopic (exact) mass is 281 g/mol. The number of carboxylic acid groups (broad SMARTS) is 1. The molecule has 2 rings (SSSR count). The van der Waals surface area contributed by atoms with Gasteiger partial charge in [0.1, 0.15) is 16.9 Å². The zero-order valence-electron chi connectivity index (χ0n) is 11.9. The largest absolute Gasteiger partial charge is 0.481 e. The van der Waals surface area contributed by atoms with Crippen LogP contribution >= 0.6 is 0 Å². The van der Waals surface area contributed by atoms with Crippen LogP contribution in [0.25, 0.3) is 0 Å². The maximum Gasteiger partial charge on any atom is 0.313 e. The van der Waals surface area contributed by atoms with E-state index in [0.717, 1.165) is 0 Å². The van der Waals surface area contributed by atoms with Crippen LogP contribution in [0.4, 0.5) is 0 Å². The van der Waals surface area contributed by atoms with Gasteiger partial charge in [-0.25, -0.2) is 0 Å². The smallest absolute Gasteiger partial charge is 0.313 e. The van der Waals surface area contributed by atoms with Crippen molar-refractivity contribution in [3.63, 3.8) is 0 Å². The summed E-state index contributed by atoms with van der Waals surface area (Å²) in [7, 11) is 1.47. The summed E-state index contributed by atoms with van der Waals surface area (Å²) in [6.07, 6.45) is 0.401. The van der Waals surface area contributed by atoms with Crippen LogP contribution in [0.5, 0.6) is 0 Å². The van der Waals surface area contributed by atoms with E-state index < -0.39 is 11.4 Å². The topological polar surface area (TPSA) is 80.0 Å². The fourth-order valence-corrected chi connectivity index (χ4v) is 2.69. The number of ether oxygens (including phenoxy) is 1. The summed E-state index contributed by atoms with van der Waals surface area (Å²) in [6.45, 7) is 4.20. The Morgan fingerprint density at radius 3 is 2.70 bits per heavy atom. The van der Waals surface area contributed by atoms with Crippen LogP contribution in [0.2, 0.25) is 0 Å². The molecule has 1 aromatic rings. The molecule has 0 bridgehead atoms. The summed E-state index contributed by atoms with van der Waals surface area (Å²) in [5.41, 5.74) is -0.502. The summed E-state index contributed by atoms with van der Waals surface area (Å²) < 4.78 is 10.4. The van der Waals surface area contributed by atoms with Crippen LogP contribution in [0.3, 0.4) is 0 Å². The van der Waals surface area contributed by atoms with E-state index in [2.05, 4.69) is 0 Å². The number of aliphatic carboxylic acids is 1. The SMILES string of the molecule is COCC1(C(=O)O)CCN(C(=O)c2cc(C)oc2C)C1. The predicted octanol–water partition coefficient (Wildman–Crippen LogP) is 1.46. The highest BCUT2D eigenvalue weighted by molar-refractivity contribution is 5.96. The highest BCUT2D eigenvalue weighted by Crippen LogP contribution is 2.32. The fourth-order valence-electron chi connectivity index (χ4n) is 2.69. The van der Waals surface area contributed by atoms with Crippen LogP contribution in [0.15, 0.2) is 10.5 Å². The summed E-state index contributed by atoms with van der Waals surface area (Å²) >= 11 is 0. The van der Waals surface area contributed by atoms with Gasteiger partial charge in [0.05, 0.1) is 12.2 Å². The van der Waals surface area contributed by atoms with Crippen LogP contribution in [0.1, 0.15) is 28.3 Å². The third-order valence-corrected chi connectivity index (χ3v) is 3.79. The molecule has 110 valence electrons. The first-order valence-corrected chi connectivity index (χ1v) is 6.48. The van der Waals surface area contributed by atoms with E-state index in [-0.39, 0.29) is 19.1 Å². The first-order chi connectivity index (χ1) is 9.39. The predicted molar refractivity (Wildman–Crippen MR) is 70.6 cm³/mol. The van der Waals surface area contributed by atoms with E-state index in [4.69, 9.17) is 9.15 Å². The van der Waals surface area contributed by atoms with Crippen LogP contribution in [-0.4, -0.2) is 48.7 Å². The maximum atomic E-state index is 12.4. The van der Waals surface area contributed by atoms with Crippen molar-refractivity contribution in [1.29, 1.82) is 0 Å². The Bertz CT molecular complexity index is 536. The second-order valence-corrected chi connectivity index (χ2v) is 5.32. The molecule has 0 saturated carbocycles. The van der Waals surface area contributed by atoms with Gasteiger partial charge < -0.3 is 19.2 Å². The molecular weight excluding hydrogens is 262 g/mol. The number of rotatable bonds is 4. The minimum atomic E-state index is -1.00. The van der Waals surface area contributed by atoms with Crippen molar-refractivity contribution < 1.29 is 23.8 Å². The Morgan fingerprint density at radius 1 is 1.50 bits per heavy atom. The molecule has 1 N–H and O–H groups in total. The number of hydrogen-bond donors (Lipinski definition) is 1. The minimum absolute atomic E-state index is 0.107. The van der Waals surface area contributed by atoms with Gasteiger partial charge in [0, 0.05) is 20.2 Å². The molecule has 0 radical (unpaired) electrons. The van der Waals surface area contributed by atoms with Crippen molar-refractivity contribution in [2.24, 2.45) is 5.41 Å². The number of amides is 1. The van der Waals surface area contributed by atoms with Crippen molar-refractivity contribution in [3.05, 3.63) is 23.2 Å². The fraction of sp³-hybridized carbons (Fsp3) is 0.571. The molecule has 0 aliphatic carbocycles. The number of methoxy groups -OCH3 is 1. The lowest BCUT2D eigenvalue weighted by molar-refractivity contribution is -0.151. The molecule has 0 spiro atoms. The average Bonchev–Trinajstić information content (AvgIpc) is 2.94. The summed E-state index contributed by atoms with van der Waals surface area (Å²) in [5, 5.41) is 9.39. The van der Waals surface area contributed by atoms with Crippen molar-refractivity contribution in [2.75, 3.05) is 26.8 Å². The van der Waals surface area contributed by atoms with Crippen molar-refractivity contribution >= 4 is 11.9 Å². The highest BCUT2D eigenvalue weighted by atomic mass is 16.5. The van der Waals surface area contributed by atoms with Crippen LogP contribution in [0, 0.1) is 19.3 Å². The van der Waals surface area contributed by atoms with Crippen LogP contribution in [-0.2, 0) is 9.53 Å². The Labute approximate surface area is 117 Å². The van der Waals surface area contributed by atoms with Crippen molar-refractivity contribution in [1.82, 2.24) is 4.90 Å². The van der Waals surface area contributed by atoms with Gasteiger partial charge in [0.25, 0.3) is 5.91 Å². The highest BCUT2D eigenvalue weighted by Gasteiger charge is 2.46. The van der Waals surface area contributed by atoms with Crippen molar-refractivity contribution in [2.45, 2.75) is 20.3 Å². The third kappa shape index (κ3) is 2.43. The van der Waals surface area contributed by atoms with Gasteiger partial charge in [-0.15, -0.1) is 0 Å². The number of nitrogens with zero attached hydrogens (tertiary/aromatic N) is 1. The quantitative estimate of drug-likeness (QED) is 0.903. The minimum Gasteiger partial charge on any atom is -0.481 e. The lowest BCUT2D eigenvalue weighted by atomic mass is 9.88. The lowest BCUT2D eigenvalue weighted by Crippen LogP contribution is -2.40. The number of carbonyl (C=O) groups excluding carboxylic acids is 1. The molecule has 1 atom stereocenters. The second kappa shape index (κ2) is 5.28. The van der Waals surface area contributed by atoms with Gasteiger partial charge in [0.15, 0.2) is 0 Å². The van der Waals surface area contributed by atoms with E-state index >= 15 is 0 Å².